The first-order valence-corrected chi connectivity index (χ1v) is 9.24. The molecular formula is C19H19N9O2. The smallest absolute Gasteiger partial charge is 0.261 e. The molecule has 11 nitrogen and oxygen atoms in total. The SMILES string of the molecule is CC[C@@H](Nc1nc(Nc2cccc(-n3nccn3)c2)c2c(=O)[nH]ccc2n1)C(N)=O. The quantitative estimate of drug-likeness (QED) is 0.358. The Kier molecular flexibility index (Phi) is 5.08. The zero-order valence-electron chi connectivity index (χ0n) is 16.0. The van der Waals surface area contributed by atoms with Crippen LogP contribution in [0.15, 0.2) is 53.7 Å². The van der Waals surface area contributed by atoms with E-state index in [1.807, 2.05) is 31.2 Å². The van der Waals surface area contributed by atoms with Crippen LogP contribution in [-0.2, 0) is 4.79 Å². The van der Waals surface area contributed by atoms with Gasteiger partial charge in [0, 0.05) is 11.9 Å². The number of fused-ring (bicyclic) bond motifs is 1. The predicted molar refractivity (Wildman–Crippen MR) is 112 cm³/mol. The van der Waals surface area contributed by atoms with Crippen molar-refractivity contribution >= 4 is 34.3 Å². The Hall–Kier alpha value is -4.28. The van der Waals surface area contributed by atoms with Gasteiger partial charge in [0.1, 0.15) is 17.2 Å². The molecule has 1 aromatic carbocycles. The minimum Gasteiger partial charge on any atom is -0.368 e. The maximum atomic E-state index is 12.4. The molecule has 11 heteroatoms. The highest BCUT2D eigenvalue weighted by molar-refractivity contribution is 5.91. The highest BCUT2D eigenvalue weighted by atomic mass is 16.1. The summed E-state index contributed by atoms with van der Waals surface area (Å²) in [4.78, 5) is 36.9. The molecule has 3 aromatic heterocycles. The van der Waals surface area contributed by atoms with Gasteiger partial charge >= 0.3 is 0 Å². The van der Waals surface area contributed by atoms with E-state index in [0.29, 0.717) is 17.6 Å². The van der Waals surface area contributed by atoms with E-state index in [0.717, 1.165) is 5.69 Å². The van der Waals surface area contributed by atoms with Gasteiger partial charge in [-0.25, -0.2) is 4.98 Å². The van der Waals surface area contributed by atoms with E-state index < -0.39 is 11.9 Å². The van der Waals surface area contributed by atoms with Gasteiger partial charge in [-0.05, 0) is 30.7 Å². The number of aromatic amines is 1. The standard InChI is InChI=1S/C19H19N9O2/c1-2-13(16(20)29)25-19-26-14-6-7-21-18(30)15(14)17(27-19)24-11-4-3-5-12(10-11)28-22-8-9-23-28/h3-10,13H,2H2,1H3,(H2,20,29)(H,21,30)(H2,24,25,26,27)/t13-/m1/s1. The second-order valence-corrected chi connectivity index (χ2v) is 6.46. The molecule has 0 aliphatic rings. The van der Waals surface area contributed by atoms with Crippen molar-refractivity contribution in [2.24, 2.45) is 5.73 Å². The Bertz CT molecular complexity index is 1250. The van der Waals surface area contributed by atoms with Gasteiger partial charge < -0.3 is 21.4 Å². The molecule has 0 spiro atoms. The van der Waals surface area contributed by atoms with E-state index in [-0.39, 0.29) is 22.7 Å². The molecule has 0 bridgehead atoms. The topological polar surface area (TPSA) is 156 Å². The van der Waals surface area contributed by atoms with Crippen molar-refractivity contribution in [1.29, 1.82) is 0 Å². The Morgan fingerprint density at radius 1 is 1.23 bits per heavy atom. The Morgan fingerprint density at radius 3 is 2.77 bits per heavy atom. The number of carbonyl (C=O) groups is 1. The molecule has 3 heterocycles. The highest BCUT2D eigenvalue weighted by Gasteiger charge is 2.17. The van der Waals surface area contributed by atoms with Crippen LogP contribution in [0.2, 0.25) is 0 Å². The number of rotatable bonds is 7. The van der Waals surface area contributed by atoms with Crippen LogP contribution in [0.25, 0.3) is 16.6 Å². The zero-order valence-corrected chi connectivity index (χ0v) is 16.0. The van der Waals surface area contributed by atoms with Gasteiger partial charge in [0.15, 0.2) is 0 Å². The number of H-pyrrole nitrogens is 1. The molecule has 0 aliphatic carbocycles. The molecule has 30 heavy (non-hydrogen) atoms. The van der Waals surface area contributed by atoms with Gasteiger partial charge in [0.05, 0.1) is 23.6 Å². The molecule has 0 unspecified atom stereocenters. The minimum absolute atomic E-state index is 0.186. The van der Waals surface area contributed by atoms with Crippen molar-refractivity contribution < 1.29 is 4.79 Å². The number of hydrogen-bond acceptors (Lipinski definition) is 8. The molecule has 152 valence electrons. The van der Waals surface area contributed by atoms with Crippen molar-refractivity contribution in [2.75, 3.05) is 10.6 Å². The lowest BCUT2D eigenvalue weighted by atomic mass is 10.2. The van der Waals surface area contributed by atoms with Crippen molar-refractivity contribution in [3.63, 3.8) is 0 Å². The molecular weight excluding hydrogens is 386 g/mol. The summed E-state index contributed by atoms with van der Waals surface area (Å²) in [6.45, 7) is 1.82. The van der Waals surface area contributed by atoms with Gasteiger partial charge in [0.2, 0.25) is 11.9 Å². The summed E-state index contributed by atoms with van der Waals surface area (Å²) in [6, 6.07) is 8.34. The van der Waals surface area contributed by atoms with Crippen molar-refractivity contribution in [3.05, 3.63) is 59.3 Å². The third kappa shape index (κ3) is 3.81. The summed E-state index contributed by atoms with van der Waals surface area (Å²) >= 11 is 0. The van der Waals surface area contributed by atoms with Crippen LogP contribution >= 0.6 is 0 Å². The number of benzene rings is 1. The Labute approximate surface area is 170 Å². The van der Waals surface area contributed by atoms with Crippen LogP contribution in [0.4, 0.5) is 17.5 Å². The fourth-order valence-corrected chi connectivity index (χ4v) is 2.97. The van der Waals surface area contributed by atoms with E-state index in [4.69, 9.17) is 5.73 Å². The fraction of sp³-hybridized carbons (Fsp3) is 0.158. The molecule has 0 saturated carbocycles. The lowest BCUT2D eigenvalue weighted by molar-refractivity contribution is -0.118. The molecule has 0 fully saturated rings. The molecule has 4 aromatic rings. The average Bonchev–Trinajstić information content (AvgIpc) is 3.27. The number of carbonyl (C=O) groups excluding carboxylic acids is 1. The number of nitrogens with one attached hydrogen (secondary N) is 3. The first-order chi connectivity index (χ1) is 14.5. The van der Waals surface area contributed by atoms with Gasteiger partial charge in [-0.3, -0.25) is 9.59 Å². The molecule has 4 rings (SSSR count). The van der Waals surface area contributed by atoms with Gasteiger partial charge in [0.25, 0.3) is 5.56 Å². The number of nitrogens with zero attached hydrogens (tertiary/aromatic N) is 5. The lowest BCUT2D eigenvalue weighted by Crippen LogP contribution is -2.35. The number of pyridine rings is 1. The fourth-order valence-electron chi connectivity index (χ4n) is 2.97. The molecule has 0 aliphatic heterocycles. The molecule has 0 radical (unpaired) electrons. The van der Waals surface area contributed by atoms with Crippen molar-refractivity contribution in [1.82, 2.24) is 29.9 Å². The summed E-state index contributed by atoms with van der Waals surface area (Å²) in [5.74, 6) is -0.0403. The summed E-state index contributed by atoms with van der Waals surface area (Å²) in [5, 5.41) is 14.6. The summed E-state index contributed by atoms with van der Waals surface area (Å²) in [7, 11) is 0. The molecule has 5 N–H and O–H groups in total. The second-order valence-electron chi connectivity index (χ2n) is 6.46. The zero-order chi connectivity index (χ0) is 21.1. The van der Waals surface area contributed by atoms with E-state index in [2.05, 4.69) is 35.8 Å². The number of anilines is 3. The molecule has 0 saturated heterocycles. The Balaban J connectivity index is 1.76. The number of aromatic nitrogens is 6. The van der Waals surface area contributed by atoms with E-state index >= 15 is 0 Å². The number of amides is 1. The average molecular weight is 405 g/mol. The van der Waals surface area contributed by atoms with E-state index in [1.165, 1.54) is 11.0 Å². The third-order valence-corrected chi connectivity index (χ3v) is 4.43. The number of primary amides is 1. The summed E-state index contributed by atoms with van der Waals surface area (Å²) in [6.07, 6.45) is 5.13. The van der Waals surface area contributed by atoms with Gasteiger partial charge in [-0.2, -0.15) is 20.0 Å². The normalized spacial score (nSPS) is 11.9. The number of nitrogens with two attached hydrogens (primary N) is 1. The second kappa shape index (κ2) is 7.99. The largest absolute Gasteiger partial charge is 0.368 e. The van der Waals surface area contributed by atoms with Crippen LogP contribution in [0.3, 0.4) is 0 Å². The molecule has 1 amide bonds. The van der Waals surface area contributed by atoms with E-state index in [9.17, 15) is 9.59 Å². The van der Waals surface area contributed by atoms with Gasteiger partial charge in [-0.1, -0.05) is 13.0 Å². The van der Waals surface area contributed by atoms with Crippen LogP contribution < -0.4 is 21.9 Å². The van der Waals surface area contributed by atoms with Crippen molar-refractivity contribution in [2.45, 2.75) is 19.4 Å². The van der Waals surface area contributed by atoms with E-state index in [1.54, 1.807) is 18.5 Å². The Morgan fingerprint density at radius 2 is 2.03 bits per heavy atom. The minimum atomic E-state index is -0.633. The first-order valence-electron chi connectivity index (χ1n) is 9.24. The first kappa shape index (κ1) is 19.1. The summed E-state index contributed by atoms with van der Waals surface area (Å²) < 4.78 is 0. The maximum Gasteiger partial charge on any atom is 0.261 e. The highest BCUT2D eigenvalue weighted by Crippen LogP contribution is 2.24. The maximum absolute atomic E-state index is 12.4. The van der Waals surface area contributed by atoms with Crippen LogP contribution in [0.5, 0.6) is 0 Å². The lowest BCUT2D eigenvalue weighted by Gasteiger charge is -2.15. The third-order valence-electron chi connectivity index (χ3n) is 4.43. The predicted octanol–water partition coefficient (Wildman–Crippen LogP) is 1.32. The van der Waals surface area contributed by atoms with Crippen LogP contribution in [0.1, 0.15) is 13.3 Å². The van der Waals surface area contributed by atoms with Crippen LogP contribution in [0, 0.1) is 0 Å². The summed E-state index contributed by atoms with van der Waals surface area (Å²) in [5.41, 5.74) is 6.89. The van der Waals surface area contributed by atoms with Crippen LogP contribution in [-0.4, -0.2) is 41.9 Å². The number of hydrogen-bond donors (Lipinski definition) is 4. The monoisotopic (exact) mass is 405 g/mol. The molecule has 1 atom stereocenters. The van der Waals surface area contributed by atoms with Gasteiger partial charge in [-0.15, -0.1) is 0 Å². The van der Waals surface area contributed by atoms with Crippen molar-refractivity contribution in [3.8, 4) is 5.69 Å².